The van der Waals surface area contributed by atoms with Gasteiger partial charge in [0.2, 0.25) is 11.8 Å². The largest absolute Gasteiger partial charge is 0.466 e. The fourth-order valence-corrected chi connectivity index (χ4v) is 4.21. The zero-order chi connectivity index (χ0) is 23.8. The first kappa shape index (κ1) is 23.4. The van der Waals surface area contributed by atoms with Crippen LogP contribution in [-0.4, -0.2) is 34.7 Å². The lowest BCUT2D eigenvalue weighted by atomic mass is 9.94. The standard InChI is InChI=1S/C26H27FN4O3/c27-20-11-7-14-22(17-20)31(24(32)18-34-23-15-8-16-28-30-23)25(19-9-3-1-4-10-19)26(33)29-21-12-5-2-6-13-21/h1,3-4,7-11,14-17,21,25H,2,5-6,12-13,18H2,(H,29,33). The predicted molar refractivity (Wildman–Crippen MR) is 126 cm³/mol. The number of hydrogen-bond donors (Lipinski definition) is 1. The average molecular weight is 463 g/mol. The van der Waals surface area contributed by atoms with E-state index in [9.17, 15) is 14.0 Å². The van der Waals surface area contributed by atoms with Gasteiger partial charge in [-0.25, -0.2) is 4.39 Å². The number of nitrogens with one attached hydrogen (secondary N) is 1. The highest BCUT2D eigenvalue weighted by Gasteiger charge is 2.34. The third-order valence-electron chi connectivity index (χ3n) is 5.82. The molecule has 34 heavy (non-hydrogen) atoms. The number of carbonyl (C=O) groups is 2. The molecule has 0 spiro atoms. The highest BCUT2D eigenvalue weighted by Crippen LogP contribution is 2.29. The lowest BCUT2D eigenvalue weighted by Gasteiger charge is -2.33. The van der Waals surface area contributed by atoms with Crippen LogP contribution in [0.1, 0.15) is 43.7 Å². The summed E-state index contributed by atoms with van der Waals surface area (Å²) in [6.07, 6.45) is 6.56. The maximum absolute atomic E-state index is 14.2. The Labute approximate surface area is 198 Å². The van der Waals surface area contributed by atoms with Crippen molar-refractivity contribution in [1.82, 2.24) is 15.5 Å². The molecule has 3 aromatic rings. The highest BCUT2D eigenvalue weighted by molar-refractivity contribution is 6.02. The third-order valence-corrected chi connectivity index (χ3v) is 5.82. The molecule has 0 radical (unpaired) electrons. The smallest absolute Gasteiger partial charge is 0.265 e. The molecule has 1 atom stereocenters. The average Bonchev–Trinajstić information content (AvgIpc) is 2.87. The molecule has 1 N–H and O–H groups in total. The lowest BCUT2D eigenvalue weighted by Crippen LogP contribution is -2.48. The van der Waals surface area contributed by atoms with Crippen molar-refractivity contribution in [2.45, 2.75) is 44.2 Å². The summed E-state index contributed by atoms with van der Waals surface area (Å²) in [6, 6.07) is 16.9. The van der Waals surface area contributed by atoms with Crippen LogP contribution in [0.15, 0.2) is 72.9 Å². The van der Waals surface area contributed by atoms with Crippen molar-refractivity contribution in [3.05, 3.63) is 84.3 Å². The fraction of sp³-hybridized carbons (Fsp3) is 0.308. The van der Waals surface area contributed by atoms with Crippen molar-refractivity contribution < 1.29 is 18.7 Å². The van der Waals surface area contributed by atoms with Crippen LogP contribution in [0.2, 0.25) is 0 Å². The maximum Gasteiger partial charge on any atom is 0.265 e. The molecule has 1 aliphatic carbocycles. The van der Waals surface area contributed by atoms with Crippen LogP contribution < -0.4 is 15.0 Å². The molecule has 1 unspecified atom stereocenters. The Morgan fingerprint density at radius 3 is 2.53 bits per heavy atom. The van der Waals surface area contributed by atoms with Gasteiger partial charge in [-0.05, 0) is 42.7 Å². The topological polar surface area (TPSA) is 84.4 Å². The van der Waals surface area contributed by atoms with E-state index in [0.29, 0.717) is 5.56 Å². The first-order valence-corrected chi connectivity index (χ1v) is 11.5. The molecule has 1 heterocycles. The summed E-state index contributed by atoms with van der Waals surface area (Å²) >= 11 is 0. The number of nitrogens with zero attached hydrogens (tertiary/aromatic N) is 3. The van der Waals surface area contributed by atoms with Crippen molar-refractivity contribution in [2.24, 2.45) is 0 Å². The minimum absolute atomic E-state index is 0.0489. The molecule has 4 rings (SSSR count). The Kier molecular flexibility index (Phi) is 7.80. The van der Waals surface area contributed by atoms with Gasteiger partial charge in [0.05, 0.1) is 0 Å². The van der Waals surface area contributed by atoms with Crippen LogP contribution >= 0.6 is 0 Å². The number of benzene rings is 2. The van der Waals surface area contributed by atoms with E-state index in [4.69, 9.17) is 4.74 Å². The number of amides is 2. The van der Waals surface area contributed by atoms with Gasteiger partial charge in [-0.15, -0.1) is 5.10 Å². The number of hydrogen-bond acceptors (Lipinski definition) is 5. The van der Waals surface area contributed by atoms with E-state index in [1.54, 1.807) is 42.5 Å². The molecule has 1 saturated carbocycles. The van der Waals surface area contributed by atoms with Gasteiger partial charge in [0.15, 0.2) is 6.61 Å². The summed E-state index contributed by atoms with van der Waals surface area (Å²) in [6.45, 7) is -0.394. The summed E-state index contributed by atoms with van der Waals surface area (Å²) in [5, 5.41) is 10.7. The van der Waals surface area contributed by atoms with E-state index in [-0.39, 0.29) is 23.5 Å². The molecule has 7 nitrogen and oxygen atoms in total. The first-order valence-electron chi connectivity index (χ1n) is 11.5. The Balaban J connectivity index is 1.67. The van der Waals surface area contributed by atoms with Gasteiger partial charge in [0.1, 0.15) is 11.9 Å². The summed E-state index contributed by atoms with van der Waals surface area (Å²) < 4.78 is 19.7. The summed E-state index contributed by atoms with van der Waals surface area (Å²) in [7, 11) is 0. The van der Waals surface area contributed by atoms with E-state index < -0.39 is 24.4 Å². The van der Waals surface area contributed by atoms with Crippen molar-refractivity contribution in [2.75, 3.05) is 11.5 Å². The van der Waals surface area contributed by atoms with Crippen molar-refractivity contribution >= 4 is 17.5 Å². The van der Waals surface area contributed by atoms with E-state index in [1.165, 1.54) is 29.3 Å². The number of carbonyl (C=O) groups excluding carboxylic acids is 2. The molecule has 0 saturated heterocycles. The van der Waals surface area contributed by atoms with Crippen molar-refractivity contribution in [1.29, 1.82) is 0 Å². The maximum atomic E-state index is 14.2. The predicted octanol–water partition coefficient (Wildman–Crippen LogP) is 4.22. The Morgan fingerprint density at radius 2 is 1.82 bits per heavy atom. The first-order chi connectivity index (χ1) is 16.6. The number of rotatable bonds is 8. The van der Waals surface area contributed by atoms with Gasteiger partial charge >= 0.3 is 0 Å². The molecule has 1 aliphatic rings. The third kappa shape index (κ3) is 5.95. The van der Waals surface area contributed by atoms with Gasteiger partial charge in [0, 0.05) is 24.0 Å². The number of anilines is 1. The zero-order valence-electron chi connectivity index (χ0n) is 18.8. The van der Waals surface area contributed by atoms with Crippen molar-refractivity contribution in [3.63, 3.8) is 0 Å². The van der Waals surface area contributed by atoms with Gasteiger partial charge in [-0.3, -0.25) is 14.5 Å². The summed E-state index contributed by atoms with van der Waals surface area (Å²) in [5.74, 6) is -1.15. The van der Waals surface area contributed by atoms with Crippen LogP contribution in [0.4, 0.5) is 10.1 Å². The normalized spacial score (nSPS) is 14.7. The van der Waals surface area contributed by atoms with Crippen LogP contribution in [-0.2, 0) is 9.59 Å². The molecule has 1 aromatic heterocycles. The molecule has 8 heteroatoms. The van der Waals surface area contributed by atoms with E-state index >= 15 is 0 Å². The van der Waals surface area contributed by atoms with Gasteiger partial charge in [-0.1, -0.05) is 55.7 Å². The molecule has 176 valence electrons. The molecule has 2 aromatic carbocycles. The van der Waals surface area contributed by atoms with Gasteiger partial charge < -0.3 is 10.1 Å². The number of halogens is 1. The summed E-state index contributed by atoms with van der Waals surface area (Å²) in [5.41, 5.74) is 0.883. The molecule has 0 aliphatic heterocycles. The van der Waals surface area contributed by atoms with Crippen LogP contribution in [0.25, 0.3) is 0 Å². The van der Waals surface area contributed by atoms with Gasteiger partial charge in [-0.2, -0.15) is 5.10 Å². The molecule has 2 amide bonds. The quantitative estimate of drug-likeness (QED) is 0.542. The van der Waals surface area contributed by atoms with Crippen LogP contribution in [0.3, 0.4) is 0 Å². The second kappa shape index (κ2) is 11.4. The van der Waals surface area contributed by atoms with Gasteiger partial charge in [0.25, 0.3) is 5.91 Å². The number of ether oxygens (including phenoxy) is 1. The Hall–Kier alpha value is -3.81. The van der Waals surface area contributed by atoms with E-state index in [2.05, 4.69) is 15.5 Å². The molecule has 1 fully saturated rings. The van der Waals surface area contributed by atoms with Crippen molar-refractivity contribution in [3.8, 4) is 5.88 Å². The zero-order valence-corrected chi connectivity index (χ0v) is 18.8. The lowest BCUT2D eigenvalue weighted by molar-refractivity contribution is -0.128. The number of aromatic nitrogens is 2. The molecular weight excluding hydrogens is 435 g/mol. The second-order valence-corrected chi connectivity index (χ2v) is 8.25. The summed E-state index contributed by atoms with van der Waals surface area (Å²) in [4.78, 5) is 28.4. The minimum atomic E-state index is -0.997. The monoisotopic (exact) mass is 462 g/mol. The highest BCUT2D eigenvalue weighted by atomic mass is 19.1. The van der Waals surface area contributed by atoms with Crippen LogP contribution in [0.5, 0.6) is 5.88 Å². The van der Waals surface area contributed by atoms with E-state index in [0.717, 1.165) is 32.1 Å². The minimum Gasteiger partial charge on any atom is -0.466 e. The fourth-order valence-electron chi connectivity index (χ4n) is 4.21. The Bertz CT molecular complexity index is 1090. The Morgan fingerprint density at radius 1 is 1.03 bits per heavy atom. The molecular formula is C26H27FN4O3. The second-order valence-electron chi connectivity index (χ2n) is 8.25. The SMILES string of the molecule is O=C(NC1CCCCC1)C(c1ccccc1)N(C(=O)COc1cccnn1)c1cccc(F)c1. The van der Waals surface area contributed by atoms with E-state index in [1.807, 2.05) is 6.07 Å². The molecule has 0 bridgehead atoms. The van der Waals surface area contributed by atoms with Crippen LogP contribution in [0, 0.1) is 5.82 Å².